The third-order valence-corrected chi connectivity index (χ3v) is 3.62. The number of nitrogens with zero attached hydrogens (tertiary/aromatic N) is 1. The molecule has 4 N–H and O–H groups in total. The lowest BCUT2D eigenvalue weighted by molar-refractivity contribution is -0.137. The molecule has 0 radical (unpaired) electrons. The van der Waals surface area contributed by atoms with E-state index in [1.165, 1.54) is 12.1 Å². The van der Waals surface area contributed by atoms with Gasteiger partial charge in [-0.25, -0.2) is 0 Å². The highest BCUT2D eigenvalue weighted by atomic mass is 19.4. The molecule has 0 fully saturated rings. The molecule has 0 aliphatic rings. The van der Waals surface area contributed by atoms with Crippen molar-refractivity contribution in [3.63, 3.8) is 0 Å². The average Bonchev–Trinajstić information content (AvgIpc) is 2.54. The summed E-state index contributed by atoms with van der Waals surface area (Å²) >= 11 is 0. The van der Waals surface area contributed by atoms with Crippen LogP contribution in [0.5, 0.6) is 0 Å². The van der Waals surface area contributed by atoms with Gasteiger partial charge in [0.1, 0.15) is 0 Å². The summed E-state index contributed by atoms with van der Waals surface area (Å²) in [5, 5.41) is 18.4. The van der Waals surface area contributed by atoms with Crippen LogP contribution < -0.4 is 10.6 Å². The molecular weight excluding hydrogens is 321 g/mol. The minimum Gasteiger partial charge on any atom is -0.399 e. The standard InChI is InChI=1S/C17H19F3N2O2/c18-17(19,20)13-3-1-12(2-4-13)15-11-14(21)5-6-16(15)22(7-9-23)8-10-24/h1-6,11,23-24H,7-10,21H2. The van der Waals surface area contributed by atoms with E-state index in [1.807, 2.05) is 0 Å². The van der Waals surface area contributed by atoms with Crippen molar-refractivity contribution >= 4 is 11.4 Å². The Balaban J connectivity index is 2.46. The van der Waals surface area contributed by atoms with Crippen LogP contribution in [0.4, 0.5) is 24.5 Å². The maximum absolute atomic E-state index is 12.7. The lowest BCUT2D eigenvalue weighted by atomic mass is 10.0. The molecular formula is C17H19F3N2O2. The van der Waals surface area contributed by atoms with Gasteiger partial charge in [-0.05, 0) is 35.9 Å². The molecule has 2 aromatic rings. The van der Waals surface area contributed by atoms with Gasteiger partial charge in [-0.1, -0.05) is 12.1 Å². The van der Waals surface area contributed by atoms with E-state index in [4.69, 9.17) is 5.73 Å². The second kappa shape index (κ2) is 7.55. The molecule has 0 saturated heterocycles. The van der Waals surface area contributed by atoms with E-state index < -0.39 is 11.7 Å². The molecule has 0 atom stereocenters. The van der Waals surface area contributed by atoms with Crippen LogP contribution in [0.3, 0.4) is 0 Å². The molecule has 24 heavy (non-hydrogen) atoms. The Bertz CT molecular complexity index is 667. The molecule has 2 rings (SSSR count). The van der Waals surface area contributed by atoms with Crippen LogP contribution in [0.1, 0.15) is 5.56 Å². The Morgan fingerprint density at radius 3 is 2.00 bits per heavy atom. The summed E-state index contributed by atoms with van der Waals surface area (Å²) in [5.74, 6) is 0. The summed E-state index contributed by atoms with van der Waals surface area (Å²) in [6.07, 6.45) is -4.39. The molecule has 0 aromatic heterocycles. The largest absolute Gasteiger partial charge is 0.416 e. The summed E-state index contributed by atoms with van der Waals surface area (Å²) in [4.78, 5) is 1.76. The smallest absolute Gasteiger partial charge is 0.399 e. The zero-order valence-electron chi connectivity index (χ0n) is 12.9. The number of hydrogen-bond donors (Lipinski definition) is 3. The number of halogens is 3. The van der Waals surface area contributed by atoms with Crippen molar-refractivity contribution in [1.29, 1.82) is 0 Å². The predicted octanol–water partition coefficient (Wildman–Crippen LogP) is 2.75. The van der Waals surface area contributed by atoms with Gasteiger partial charge in [-0.3, -0.25) is 0 Å². The first-order chi connectivity index (χ1) is 11.4. The number of hydrogen-bond acceptors (Lipinski definition) is 4. The lowest BCUT2D eigenvalue weighted by Gasteiger charge is -2.26. The first-order valence-electron chi connectivity index (χ1n) is 7.40. The number of nitrogens with two attached hydrogens (primary N) is 1. The van der Waals surface area contributed by atoms with Crippen LogP contribution in [-0.2, 0) is 6.18 Å². The van der Waals surface area contributed by atoms with Crippen molar-refractivity contribution < 1.29 is 23.4 Å². The fourth-order valence-corrected chi connectivity index (χ4v) is 2.49. The zero-order valence-corrected chi connectivity index (χ0v) is 12.9. The summed E-state index contributed by atoms with van der Waals surface area (Å²) in [6, 6.07) is 9.88. The fraction of sp³-hybridized carbons (Fsp3) is 0.294. The number of benzene rings is 2. The second-order valence-electron chi connectivity index (χ2n) is 5.29. The van der Waals surface area contributed by atoms with Crippen molar-refractivity contribution in [2.45, 2.75) is 6.18 Å². The van der Waals surface area contributed by atoms with E-state index >= 15 is 0 Å². The van der Waals surface area contributed by atoms with Crippen LogP contribution in [0.2, 0.25) is 0 Å². The van der Waals surface area contributed by atoms with Crippen LogP contribution in [0.25, 0.3) is 11.1 Å². The SMILES string of the molecule is Nc1ccc(N(CCO)CCO)c(-c2ccc(C(F)(F)F)cc2)c1. The third-order valence-electron chi connectivity index (χ3n) is 3.62. The Kier molecular flexibility index (Phi) is 5.69. The van der Waals surface area contributed by atoms with Crippen molar-refractivity contribution in [2.24, 2.45) is 0 Å². The van der Waals surface area contributed by atoms with Gasteiger partial charge in [0, 0.05) is 30.0 Å². The summed E-state index contributed by atoms with van der Waals surface area (Å²) in [5.41, 5.74) is 7.47. The number of aliphatic hydroxyl groups is 2. The van der Waals surface area contributed by atoms with Crippen molar-refractivity contribution in [2.75, 3.05) is 36.9 Å². The molecule has 0 saturated carbocycles. The van der Waals surface area contributed by atoms with Gasteiger partial charge in [0.2, 0.25) is 0 Å². The number of rotatable bonds is 6. The van der Waals surface area contributed by atoms with Gasteiger partial charge in [0.05, 0.1) is 18.8 Å². The van der Waals surface area contributed by atoms with E-state index in [9.17, 15) is 23.4 Å². The number of nitrogen functional groups attached to an aromatic ring is 1. The van der Waals surface area contributed by atoms with E-state index in [0.717, 1.165) is 12.1 Å². The monoisotopic (exact) mass is 340 g/mol. The Morgan fingerprint density at radius 1 is 0.917 bits per heavy atom. The molecule has 0 bridgehead atoms. The maximum atomic E-state index is 12.7. The molecule has 0 amide bonds. The maximum Gasteiger partial charge on any atom is 0.416 e. The van der Waals surface area contributed by atoms with Gasteiger partial charge in [0.25, 0.3) is 0 Å². The molecule has 130 valence electrons. The highest BCUT2D eigenvalue weighted by Gasteiger charge is 2.30. The summed E-state index contributed by atoms with van der Waals surface area (Å²) in [7, 11) is 0. The van der Waals surface area contributed by atoms with Crippen LogP contribution in [0.15, 0.2) is 42.5 Å². The van der Waals surface area contributed by atoms with Gasteiger partial charge in [0.15, 0.2) is 0 Å². The normalized spacial score (nSPS) is 11.5. The Morgan fingerprint density at radius 2 is 1.50 bits per heavy atom. The van der Waals surface area contributed by atoms with Crippen molar-refractivity contribution in [3.05, 3.63) is 48.0 Å². The first kappa shape index (κ1) is 18.1. The molecule has 0 aliphatic carbocycles. The first-order valence-corrected chi connectivity index (χ1v) is 7.40. The fourth-order valence-electron chi connectivity index (χ4n) is 2.49. The lowest BCUT2D eigenvalue weighted by Crippen LogP contribution is -2.30. The summed E-state index contributed by atoms with van der Waals surface area (Å²) < 4.78 is 38.1. The van der Waals surface area contributed by atoms with Gasteiger partial charge in [-0.2, -0.15) is 13.2 Å². The highest BCUT2D eigenvalue weighted by molar-refractivity contribution is 5.81. The quantitative estimate of drug-likeness (QED) is 0.707. The van der Waals surface area contributed by atoms with Crippen LogP contribution in [0, 0.1) is 0 Å². The van der Waals surface area contributed by atoms with E-state index in [-0.39, 0.29) is 26.3 Å². The number of aliphatic hydroxyl groups excluding tert-OH is 2. The van der Waals surface area contributed by atoms with Gasteiger partial charge < -0.3 is 20.8 Å². The van der Waals surface area contributed by atoms with Crippen molar-refractivity contribution in [3.8, 4) is 11.1 Å². The topological polar surface area (TPSA) is 69.7 Å². The van der Waals surface area contributed by atoms with Gasteiger partial charge >= 0.3 is 6.18 Å². The zero-order chi connectivity index (χ0) is 17.7. The molecule has 2 aromatic carbocycles. The summed E-state index contributed by atoms with van der Waals surface area (Å²) in [6.45, 7) is 0.351. The highest BCUT2D eigenvalue weighted by Crippen LogP contribution is 2.35. The minimum atomic E-state index is -4.39. The minimum absolute atomic E-state index is 0.114. The predicted molar refractivity (Wildman–Crippen MR) is 87.7 cm³/mol. The molecule has 0 aliphatic heterocycles. The molecule has 0 spiro atoms. The average molecular weight is 340 g/mol. The second-order valence-corrected chi connectivity index (χ2v) is 5.29. The molecule has 0 unspecified atom stereocenters. The Hall–Kier alpha value is -2.25. The van der Waals surface area contributed by atoms with E-state index in [1.54, 1.807) is 23.1 Å². The van der Waals surface area contributed by atoms with Gasteiger partial charge in [-0.15, -0.1) is 0 Å². The molecule has 4 nitrogen and oxygen atoms in total. The Labute approximate surface area is 137 Å². The third kappa shape index (κ3) is 4.18. The number of anilines is 2. The van der Waals surface area contributed by atoms with Crippen LogP contribution in [-0.4, -0.2) is 36.5 Å². The van der Waals surface area contributed by atoms with E-state index in [0.29, 0.717) is 22.5 Å². The molecule has 0 heterocycles. The van der Waals surface area contributed by atoms with E-state index in [2.05, 4.69) is 0 Å². The number of alkyl halides is 3. The van der Waals surface area contributed by atoms with Crippen molar-refractivity contribution in [1.82, 2.24) is 0 Å². The molecule has 7 heteroatoms. The van der Waals surface area contributed by atoms with Crippen LogP contribution >= 0.6 is 0 Å².